The predicted octanol–water partition coefficient (Wildman–Crippen LogP) is 5.88. The lowest BCUT2D eigenvalue weighted by Gasteiger charge is -2.19. The van der Waals surface area contributed by atoms with E-state index in [2.05, 4.69) is 46.7 Å². The Bertz CT molecular complexity index is 1200. The maximum Gasteiger partial charge on any atom is 0.325 e. The van der Waals surface area contributed by atoms with Gasteiger partial charge in [-0.2, -0.15) is 0 Å². The predicted molar refractivity (Wildman–Crippen MR) is 133 cm³/mol. The molecule has 1 aromatic carbocycles. The summed E-state index contributed by atoms with van der Waals surface area (Å²) in [7, 11) is 0. The lowest BCUT2D eigenvalue weighted by molar-refractivity contribution is -0.116. The molecule has 3 amide bonds. The first-order chi connectivity index (χ1) is 15.7. The number of nitrogens with one attached hydrogen (secondary N) is 3. The van der Waals surface area contributed by atoms with Crippen molar-refractivity contribution in [3.63, 3.8) is 0 Å². The highest BCUT2D eigenvalue weighted by Gasteiger charge is 2.21. The molecule has 172 valence electrons. The molecule has 0 saturated heterocycles. The summed E-state index contributed by atoms with van der Waals surface area (Å²) in [6.07, 6.45) is 6.32. The average Bonchev–Trinajstić information content (AvgIpc) is 3.23. The van der Waals surface area contributed by atoms with Crippen LogP contribution in [0.3, 0.4) is 0 Å². The lowest BCUT2D eigenvalue weighted by atomic mass is 9.96. The topological polar surface area (TPSA) is 105 Å². The van der Waals surface area contributed by atoms with Gasteiger partial charge in [0.2, 0.25) is 5.91 Å². The first kappa shape index (κ1) is 23.1. The number of pyridine rings is 1. The normalized spacial score (nSPS) is 13.2. The molecule has 1 aliphatic rings. The van der Waals surface area contributed by atoms with Crippen LogP contribution in [0.25, 0.3) is 0 Å². The number of nitrogens with zero attached hydrogens (tertiary/aromatic N) is 2. The zero-order valence-corrected chi connectivity index (χ0v) is 20.4. The van der Waals surface area contributed by atoms with Crippen LogP contribution in [-0.4, -0.2) is 28.2 Å². The van der Waals surface area contributed by atoms with Crippen molar-refractivity contribution < 1.29 is 14.3 Å². The number of fused-ring (bicyclic) bond motifs is 1. The van der Waals surface area contributed by atoms with Crippen LogP contribution in [0.4, 0.5) is 21.4 Å². The van der Waals surface area contributed by atoms with E-state index in [0.717, 1.165) is 15.3 Å². The van der Waals surface area contributed by atoms with Gasteiger partial charge in [0.25, 0.3) is 0 Å². The molecule has 1 aliphatic heterocycles. The fourth-order valence-corrected chi connectivity index (χ4v) is 4.69. The summed E-state index contributed by atoms with van der Waals surface area (Å²) >= 11 is 2.96. The Kier molecular flexibility index (Phi) is 6.57. The van der Waals surface area contributed by atoms with Crippen LogP contribution < -0.4 is 20.7 Å². The Morgan fingerprint density at radius 2 is 2.00 bits per heavy atom. The molecule has 33 heavy (non-hydrogen) atoms. The third-order valence-corrected chi connectivity index (χ3v) is 7.10. The molecule has 8 nitrogen and oxygen atoms in total. The van der Waals surface area contributed by atoms with Crippen LogP contribution in [0, 0.1) is 0 Å². The first-order valence-electron chi connectivity index (χ1n) is 10.4. The van der Waals surface area contributed by atoms with Crippen molar-refractivity contribution in [3.8, 4) is 11.5 Å². The summed E-state index contributed by atoms with van der Waals surface area (Å²) < 4.78 is 6.10. The van der Waals surface area contributed by atoms with E-state index in [1.165, 1.54) is 23.1 Å². The fraction of sp³-hybridized carbons (Fsp3) is 0.304. The minimum absolute atomic E-state index is 0.0183. The molecule has 2 aromatic heterocycles. The molecule has 3 N–H and O–H groups in total. The number of aromatic nitrogens is 2. The number of hydrogen-bond donors (Lipinski definition) is 3. The number of rotatable bonds is 5. The Morgan fingerprint density at radius 1 is 1.18 bits per heavy atom. The number of thiazole rings is 1. The van der Waals surface area contributed by atoms with Crippen molar-refractivity contribution in [2.24, 2.45) is 0 Å². The summed E-state index contributed by atoms with van der Waals surface area (Å²) in [6, 6.07) is 6.90. The summed E-state index contributed by atoms with van der Waals surface area (Å²) in [5.74, 6) is 1.78. The third-order valence-electron chi connectivity index (χ3n) is 4.99. The van der Waals surface area contributed by atoms with E-state index in [1.54, 1.807) is 30.6 Å². The maximum absolute atomic E-state index is 12.5. The van der Waals surface area contributed by atoms with Crippen molar-refractivity contribution in [3.05, 3.63) is 47.1 Å². The molecule has 3 aromatic rings. The average molecular weight is 484 g/mol. The number of anilines is 3. The second-order valence-electron chi connectivity index (χ2n) is 8.51. The van der Waals surface area contributed by atoms with Crippen LogP contribution in [0.1, 0.15) is 37.6 Å². The second kappa shape index (κ2) is 9.40. The van der Waals surface area contributed by atoms with Gasteiger partial charge in [-0.3, -0.25) is 10.1 Å². The second-order valence-corrected chi connectivity index (χ2v) is 10.4. The van der Waals surface area contributed by atoms with E-state index in [9.17, 15) is 9.59 Å². The molecule has 0 bridgehead atoms. The number of thioether (sulfide) groups is 1. The molecule has 0 fully saturated rings. The number of hydrogen-bond acceptors (Lipinski definition) is 7. The molecule has 0 atom stereocenters. The largest absolute Gasteiger partial charge is 0.457 e. The highest BCUT2D eigenvalue weighted by Crippen LogP contribution is 2.36. The molecule has 0 aliphatic carbocycles. The standard InChI is InChI=1S/C23H25N5O3S2/c1-23(2,3)18-12-25-22(33-18)28-21(30)26-15-7-5-13(11-17(15)32-4)31-16-9-10-24-20-14(16)6-8-19(29)27-20/h5,7,9-12H,6,8H2,1-4H3,(H,24,27,29)(H2,25,26,28,30). The number of ether oxygens (including phenoxy) is 1. The molecule has 0 saturated carbocycles. The van der Waals surface area contributed by atoms with Crippen molar-refractivity contribution in [2.75, 3.05) is 22.2 Å². The van der Waals surface area contributed by atoms with Gasteiger partial charge in [0.05, 0.1) is 5.69 Å². The quantitative estimate of drug-likeness (QED) is 0.392. The van der Waals surface area contributed by atoms with Gasteiger partial charge in [0.1, 0.15) is 17.3 Å². The van der Waals surface area contributed by atoms with Gasteiger partial charge in [-0.05, 0) is 42.4 Å². The van der Waals surface area contributed by atoms with E-state index in [-0.39, 0.29) is 17.4 Å². The SMILES string of the molecule is CSc1cc(Oc2ccnc3c2CCC(=O)N3)ccc1NC(=O)Nc1ncc(C(C)(C)C)s1. The fourth-order valence-electron chi connectivity index (χ4n) is 3.25. The first-order valence-corrected chi connectivity index (χ1v) is 12.4. The molecular weight excluding hydrogens is 458 g/mol. The smallest absolute Gasteiger partial charge is 0.325 e. The summed E-state index contributed by atoms with van der Waals surface area (Å²) in [6.45, 7) is 6.32. The van der Waals surface area contributed by atoms with Gasteiger partial charge >= 0.3 is 6.03 Å². The van der Waals surface area contributed by atoms with Gasteiger partial charge in [0, 0.05) is 34.2 Å². The molecule has 4 rings (SSSR count). The van der Waals surface area contributed by atoms with Gasteiger partial charge in [0.15, 0.2) is 5.13 Å². The Hall–Kier alpha value is -3.11. The van der Waals surface area contributed by atoms with Crippen molar-refractivity contribution >= 4 is 51.7 Å². The summed E-state index contributed by atoms with van der Waals surface area (Å²) in [5, 5.41) is 9.02. The molecule has 0 radical (unpaired) electrons. The monoisotopic (exact) mass is 483 g/mol. The Morgan fingerprint density at radius 3 is 2.73 bits per heavy atom. The van der Waals surface area contributed by atoms with Gasteiger partial charge in [-0.25, -0.2) is 14.8 Å². The zero-order valence-electron chi connectivity index (χ0n) is 18.8. The van der Waals surface area contributed by atoms with Crippen LogP contribution in [0.5, 0.6) is 11.5 Å². The van der Waals surface area contributed by atoms with Crippen molar-refractivity contribution in [2.45, 2.75) is 43.9 Å². The van der Waals surface area contributed by atoms with E-state index in [4.69, 9.17) is 4.74 Å². The number of amides is 3. The van der Waals surface area contributed by atoms with Crippen molar-refractivity contribution in [1.29, 1.82) is 0 Å². The van der Waals surface area contributed by atoms with E-state index >= 15 is 0 Å². The number of benzene rings is 1. The highest BCUT2D eigenvalue weighted by molar-refractivity contribution is 7.98. The molecular formula is C23H25N5O3S2. The molecule has 0 spiro atoms. The van der Waals surface area contributed by atoms with Crippen LogP contribution >= 0.6 is 23.1 Å². The lowest BCUT2D eigenvalue weighted by Crippen LogP contribution is -2.20. The zero-order chi connectivity index (χ0) is 23.6. The molecule has 3 heterocycles. The highest BCUT2D eigenvalue weighted by atomic mass is 32.2. The molecule has 10 heteroatoms. The van der Waals surface area contributed by atoms with Gasteiger partial charge in [-0.1, -0.05) is 20.8 Å². The number of urea groups is 1. The van der Waals surface area contributed by atoms with Gasteiger partial charge < -0.3 is 15.4 Å². The van der Waals surface area contributed by atoms with Gasteiger partial charge in [-0.15, -0.1) is 23.1 Å². The molecule has 0 unspecified atom stereocenters. The van der Waals surface area contributed by atoms with Crippen molar-refractivity contribution in [1.82, 2.24) is 9.97 Å². The Labute approximate surface area is 200 Å². The summed E-state index contributed by atoms with van der Waals surface area (Å²) in [4.78, 5) is 34.6. The van der Waals surface area contributed by atoms with E-state index in [0.29, 0.717) is 41.0 Å². The van der Waals surface area contributed by atoms with Crippen LogP contribution in [0.2, 0.25) is 0 Å². The third kappa shape index (κ3) is 5.45. The number of carbonyl (C=O) groups is 2. The van der Waals surface area contributed by atoms with Crippen LogP contribution in [-0.2, 0) is 16.6 Å². The van der Waals surface area contributed by atoms with E-state index in [1.807, 2.05) is 12.3 Å². The minimum atomic E-state index is -0.354. The summed E-state index contributed by atoms with van der Waals surface area (Å²) in [5.41, 5.74) is 1.53. The maximum atomic E-state index is 12.5. The Balaban J connectivity index is 1.46. The van der Waals surface area contributed by atoms with E-state index < -0.39 is 0 Å². The number of carbonyl (C=O) groups excluding carboxylic acids is 2. The minimum Gasteiger partial charge on any atom is -0.457 e. The van der Waals surface area contributed by atoms with Crippen LogP contribution in [0.15, 0.2) is 41.6 Å².